The number of amides is 1. The molecule has 0 aliphatic carbocycles. The lowest BCUT2D eigenvalue weighted by Gasteiger charge is -2.15. The van der Waals surface area contributed by atoms with E-state index in [0.29, 0.717) is 12.8 Å². The van der Waals surface area contributed by atoms with E-state index in [9.17, 15) is 29.1 Å². The quantitative estimate of drug-likeness (QED) is 0.0795. The number of rotatable bonds is 28. The van der Waals surface area contributed by atoms with E-state index in [1.54, 1.807) is 6.92 Å². The van der Waals surface area contributed by atoms with Gasteiger partial charge in [0.15, 0.2) is 0 Å². The number of Topliss-reactive ketones (excluding diaryl/α,β-unsaturated/α-hetero) is 1. The highest BCUT2D eigenvalue weighted by Crippen LogP contribution is 2.15. The van der Waals surface area contributed by atoms with Gasteiger partial charge in [0.05, 0.1) is 5.92 Å². The average molecular weight is 556 g/mol. The van der Waals surface area contributed by atoms with Gasteiger partial charge in [-0.25, -0.2) is 4.79 Å². The van der Waals surface area contributed by atoms with Crippen molar-refractivity contribution in [3.63, 3.8) is 0 Å². The molecule has 0 aliphatic rings. The molecular formula is C30H53NO8. The molecule has 2 atom stereocenters. The van der Waals surface area contributed by atoms with Crippen molar-refractivity contribution in [2.75, 3.05) is 0 Å². The molecule has 226 valence electrons. The fourth-order valence-electron chi connectivity index (χ4n) is 4.65. The summed E-state index contributed by atoms with van der Waals surface area (Å²) in [6.45, 7) is 1.69. The van der Waals surface area contributed by atoms with Gasteiger partial charge < -0.3 is 20.6 Å². The predicted octanol–water partition coefficient (Wildman–Crippen LogP) is 6.51. The molecule has 1 amide bonds. The molecule has 0 spiro atoms. The van der Waals surface area contributed by atoms with Crippen molar-refractivity contribution >= 4 is 29.6 Å². The second-order valence-corrected chi connectivity index (χ2v) is 10.7. The zero-order chi connectivity index (χ0) is 29.3. The van der Waals surface area contributed by atoms with Crippen LogP contribution in [0.4, 0.5) is 0 Å². The first-order chi connectivity index (χ1) is 18.7. The molecule has 0 aliphatic heterocycles. The summed E-state index contributed by atoms with van der Waals surface area (Å²) in [6.07, 6.45) is 18.7. The highest BCUT2D eigenvalue weighted by molar-refractivity contribution is 5.86. The molecule has 0 aromatic carbocycles. The molecule has 4 N–H and O–H groups in total. The maximum Gasteiger partial charge on any atom is 0.326 e. The Morgan fingerprint density at radius 2 is 0.974 bits per heavy atom. The second kappa shape index (κ2) is 24.6. The maximum absolute atomic E-state index is 12.1. The second-order valence-electron chi connectivity index (χ2n) is 10.7. The molecular weight excluding hydrogens is 502 g/mol. The third-order valence-electron chi connectivity index (χ3n) is 7.21. The minimum Gasteiger partial charge on any atom is -0.481 e. The van der Waals surface area contributed by atoms with Gasteiger partial charge in [0.1, 0.15) is 11.8 Å². The Bertz CT molecular complexity index is 709. The van der Waals surface area contributed by atoms with E-state index in [4.69, 9.17) is 10.2 Å². The van der Waals surface area contributed by atoms with Crippen molar-refractivity contribution in [2.45, 2.75) is 154 Å². The molecule has 0 radical (unpaired) electrons. The van der Waals surface area contributed by atoms with Crippen molar-refractivity contribution in [3.05, 3.63) is 0 Å². The van der Waals surface area contributed by atoms with Crippen LogP contribution >= 0.6 is 0 Å². The number of carbonyl (C=O) groups excluding carboxylic acids is 2. The summed E-state index contributed by atoms with van der Waals surface area (Å²) < 4.78 is 0. The number of hydrogen-bond acceptors (Lipinski definition) is 5. The van der Waals surface area contributed by atoms with Crippen LogP contribution in [0.15, 0.2) is 0 Å². The van der Waals surface area contributed by atoms with Gasteiger partial charge in [0, 0.05) is 25.7 Å². The molecule has 9 nitrogen and oxygen atoms in total. The van der Waals surface area contributed by atoms with E-state index < -0.39 is 29.9 Å². The molecule has 0 aromatic rings. The van der Waals surface area contributed by atoms with Gasteiger partial charge in [0.2, 0.25) is 5.91 Å². The SMILES string of the molecule is CC[C@H](CC(=O)CC[C@H](NC(=O)CCCCCCCCCCCCCCCCCCC(=O)O)C(=O)O)C(=O)O. The summed E-state index contributed by atoms with van der Waals surface area (Å²) in [5, 5.41) is 29.5. The predicted molar refractivity (Wildman–Crippen MR) is 151 cm³/mol. The summed E-state index contributed by atoms with van der Waals surface area (Å²) in [7, 11) is 0. The van der Waals surface area contributed by atoms with E-state index >= 15 is 0 Å². The van der Waals surface area contributed by atoms with Crippen LogP contribution in [0.3, 0.4) is 0 Å². The molecule has 0 saturated heterocycles. The molecule has 0 bridgehead atoms. The smallest absolute Gasteiger partial charge is 0.326 e. The minimum absolute atomic E-state index is 0.0356. The molecule has 0 unspecified atom stereocenters. The third-order valence-corrected chi connectivity index (χ3v) is 7.21. The lowest BCUT2D eigenvalue weighted by atomic mass is 9.96. The fraction of sp³-hybridized carbons (Fsp3) is 0.833. The molecule has 39 heavy (non-hydrogen) atoms. The first kappa shape index (κ1) is 36.5. The molecule has 9 heteroatoms. The topological polar surface area (TPSA) is 158 Å². The van der Waals surface area contributed by atoms with E-state index in [-0.39, 0.29) is 43.8 Å². The molecule has 0 fully saturated rings. The number of hydrogen-bond donors (Lipinski definition) is 4. The molecule has 0 rings (SSSR count). The number of aliphatic carboxylic acids is 3. The van der Waals surface area contributed by atoms with Crippen LogP contribution in [-0.2, 0) is 24.0 Å². The van der Waals surface area contributed by atoms with Crippen LogP contribution in [0.2, 0.25) is 0 Å². The van der Waals surface area contributed by atoms with E-state index in [0.717, 1.165) is 38.5 Å². The van der Waals surface area contributed by atoms with Crippen molar-refractivity contribution in [2.24, 2.45) is 5.92 Å². The van der Waals surface area contributed by atoms with Crippen LogP contribution in [0, 0.1) is 5.92 Å². The number of carboxylic acids is 3. The number of carbonyl (C=O) groups is 5. The highest BCUT2D eigenvalue weighted by Gasteiger charge is 2.23. The lowest BCUT2D eigenvalue weighted by Crippen LogP contribution is -2.41. The Morgan fingerprint density at radius 3 is 1.33 bits per heavy atom. The largest absolute Gasteiger partial charge is 0.481 e. The lowest BCUT2D eigenvalue weighted by molar-refractivity contribution is -0.144. The Kier molecular flexibility index (Phi) is 23.0. The Labute approximate surface area is 234 Å². The van der Waals surface area contributed by atoms with Gasteiger partial charge in [-0.15, -0.1) is 0 Å². The summed E-state index contributed by atoms with van der Waals surface area (Å²) in [6, 6.07) is -1.14. The van der Waals surface area contributed by atoms with Crippen LogP contribution in [0.25, 0.3) is 0 Å². The summed E-state index contributed by atoms with van der Waals surface area (Å²) in [4.78, 5) is 57.1. The molecule has 0 aromatic heterocycles. The summed E-state index contributed by atoms with van der Waals surface area (Å²) in [5.41, 5.74) is 0. The normalized spacial score (nSPS) is 12.5. The highest BCUT2D eigenvalue weighted by atomic mass is 16.4. The van der Waals surface area contributed by atoms with Gasteiger partial charge in [-0.05, 0) is 25.7 Å². The summed E-state index contributed by atoms with van der Waals surface area (Å²) >= 11 is 0. The Balaban J connectivity index is 3.67. The first-order valence-electron chi connectivity index (χ1n) is 15.2. The van der Waals surface area contributed by atoms with Crippen LogP contribution in [-0.4, -0.2) is 51.0 Å². The molecule has 0 heterocycles. The standard InChI is InChI=1S/C30H53NO8/c1-2-24(29(36)37)23-25(32)21-22-26(30(38)39)31-27(33)19-17-15-13-11-9-7-5-3-4-6-8-10-12-14-16-18-20-28(34)35/h24,26H,2-23H2,1H3,(H,31,33)(H,34,35)(H,36,37)(H,38,39)/t24-,26+/m1/s1. The van der Waals surface area contributed by atoms with Crippen LogP contribution in [0.1, 0.15) is 148 Å². The minimum atomic E-state index is -1.19. The first-order valence-corrected chi connectivity index (χ1v) is 15.2. The fourth-order valence-corrected chi connectivity index (χ4v) is 4.65. The van der Waals surface area contributed by atoms with Crippen molar-refractivity contribution in [3.8, 4) is 0 Å². The van der Waals surface area contributed by atoms with Gasteiger partial charge in [0.25, 0.3) is 0 Å². The van der Waals surface area contributed by atoms with E-state index in [2.05, 4.69) is 5.32 Å². The number of ketones is 1. The van der Waals surface area contributed by atoms with Crippen LogP contribution in [0.5, 0.6) is 0 Å². The zero-order valence-corrected chi connectivity index (χ0v) is 24.1. The van der Waals surface area contributed by atoms with Gasteiger partial charge in [-0.1, -0.05) is 96.8 Å². The maximum atomic E-state index is 12.1. The van der Waals surface area contributed by atoms with E-state index in [1.807, 2.05) is 0 Å². The van der Waals surface area contributed by atoms with Crippen molar-refractivity contribution < 1.29 is 39.3 Å². The van der Waals surface area contributed by atoms with Gasteiger partial charge in [-0.2, -0.15) is 0 Å². The third kappa shape index (κ3) is 23.2. The number of unbranched alkanes of at least 4 members (excludes halogenated alkanes) is 15. The average Bonchev–Trinajstić information content (AvgIpc) is 2.88. The van der Waals surface area contributed by atoms with Gasteiger partial charge >= 0.3 is 17.9 Å². The van der Waals surface area contributed by atoms with Crippen molar-refractivity contribution in [1.82, 2.24) is 5.32 Å². The van der Waals surface area contributed by atoms with E-state index in [1.165, 1.54) is 57.8 Å². The monoisotopic (exact) mass is 555 g/mol. The number of nitrogens with one attached hydrogen (secondary N) is 1. The van der Waals surface area contributed by atoms with Crippen molar-refractivity contribution in [1.29, 1.82) is 0 Å². The van der Waals surface area contributed by atoms with Gasteiger partial charge in [-0.3, -0.25) is 19.2 Å². The van der Waals surface area contributed by atoms with Crippen LogP contribution < -0.4 is 5.32 Å². The molecule has 0 saturated carbocycles. The number of carboxylic acid groups (broad SMARTS) is 3. The zero-order valence-electron chi connectivity index (χ0n) is 24.1. The summed E-state index contributed by atoms with van der Waals surface area (Å²) in [5.74, 6) is -4.31. The Morgan fingerprint density at radius 1 is 0.564 bits per heavy atom. The Hall–Kier alpha value is -2.45.